The van der Waals surface area contributed by atoms with Crippen LogP contribution in [-0.2, 0) is 13.0 Å². The Labute approximate surface area is 169 Å². The summed E-state index contributed by atoms with van der Waals surface area (Å²) in [6.07, 6.45) is 4.83. The molecule has 1 fully saturated rings. The summed E-state index contributed by atoms with van der Waals surface area (Å²) < 4.78 is 2.00. The molecule has 0 spiro atoms. The lowest BCUT2D eigenvalue weighted by Crippen LogP contribution is -2.04. The fraction of sp³-hybridized carbons (Fsp3) is 0.200. The molecule has 1 aliphatic carbocycles. The van der Waals surface area contributed by atoms with Gasteiger partial charge in [-0.3, -0.25) is 4.68 Å². The molecule has 29 heavy (non-hydrogen) atoms. The van der Waals surface area contributed by atoms with Crippen LogP contribution in [0.15, 0.2) is 72.9 Å². The quantitative estimate of drug-likeness (QED) is 0.495. The third-order valence-corrected chi connectivity index (χ3v) is 5.69. The SMILES string of the molecule is O=C(O)c1cc(C2CC2)ccc1Cc1ccc2c(cnn2Cc2ccccc2)c1. The van der Waals surface area contributed by atoms with Crippen LogP contribution in [-0.4, -0.2) is 20.9 Å². The maximum atomic E-state index is 11.8. The van der Waals surface area contributed by atoms with Crippen LogP contribution in [0.2, 0.25) is 0 Å². The number of aromatic carboxylic acids is 1. The average molecular weight is 382 g/mol. The summed E-state index contributed by atoms with van der Waals surface area (Å²) in [5.41, 5.74) is 5.83. The van der Waals surface area contributed by atoms with E-state index in [4.69, 9.17) is 0 Å². The molecule has 4 nitrogen and oxygen atoms in total. The molecule has 5 rings (SSSR count). The lowest BCUT2D eigenvalue weighted by Gasteiger charge is -2.09. The van der Waals surface area contributed by atoms with Crippen molar-refractivity contribution >= 4 is 16.9 Å². The van der Waals surface area contributed by atoms with Crippen LogP contribution in [0.4, 0.5) is 0 Å². The van der Waals surface area contributed by atoms with E-state index in [0.29, 0.717) is 17.9 Å². The Balaban J connectivity index is 1.42. The summed E-state index contributed by atoms with van der Waals surface area (Å²) in [4.78, 5) is 11.8. The van der Waals surface area contributed by atoms with Crippen LogP contribution in [0.5, 0.6) is 0 Å². The first kappa shape index (κ1) is 17.7. The predicted molar refractivity (Wildman–Crippen MR) is 113 cm³/mol. The van der Waals surface area contributed by atoms with Crippen molar-refractivity contribution < 1.29 is 9.90 Å². The predicted octanol–water partition coefficient (Wildman–Crippen LogP) is 5.25. The molecule has 0 radical (unpaired) electrons. The normalized spacial score (nSPS) is 13.7. The number of carboxylic acid groups (broad SMARTS) is 1. The smallest absolute Gasteiger partial charge is 0.335 e. The van der Waals surface area contributed by atoms with Crippen molar-refractivity contribution in [2.24, 2.45) is 0 Å². The van der Waals surface area contributed by atoms with Gasteiger partial charge in [0.15, 0.2) is 0 Å². The number of fused-ring (bicyclic) bond motifs is 1. The van der Waals surface area contributed by atoms with Gasteiger partial charge in [0, 0.05) is 5.39 Å². The highest BCUT2D eigenvalue weighted by molar-refractivity contribution is 5.90. The number of carbonyl (C=O) groups is 1. The Morgan fingerprint density at radius 3 is 2.59 bits per heavy atom. The molecule has 0 aliphatic heterocycles. The van der Waals surface area contributed by atoms with E-state index in [2.05, 4.69) is 41.5 Å². The molecule has 0 amide bonds. The second kappa shape index (κ2) is 7.21. The van der Waals surface area contributed by atoms with Crippen molar-refractivity contribution in [3.63, 3.8) is 0 Å². The summed E-state index contributed by atoms with van der Waals surface area (Å²) in [5.74, 6) is -0.298. The van der Waals surface area contributed by atoms with Gasteiger partial charge in [-0.15, -0.1) is 0 Å². The van der Waals surface area contributed by atoms with Crippen LogP contribution >= 0.6 is 0 Å². The molecule has 1 aliphatic rings. The Kier molecular flexibility index (Phi) is 4.39. The summed E-state index contributed by atoms with van der Waals surface area (Å²) in [5, 5.41) is 15.3. The summed E-state index contributed by atoms with van der Waals surface area (Å²) >= 11 is 0. The zero-order valence-electron chi connectivity index (χ0n) is 16.1. The Hall–Kier alpha value is -3.40. The van der Waals surface area contributed by atoms with Crippen molar-refractivity contribution in [1.29, 1.82) is 0 Å². The van der Waals surface area contributed by atoms with Gasteiger partial charge in [0.2, 0.25) is 0 Å². The van der Waals surface area contributed by atoms with Crippen molar-refractivity contribution in [3.05, 3.63) is 101 Å². The van der Waals surface area contributed by atoms with Gasteiger partial charge in [-0.2, -0.15) is 5.10 Å². The fourth-order valence-corrected chi connectivity index (χ4v) is 3.97. The molecule has 0 atom stereocenters. The molecule has 0 bridgehead atoms. The Bertz CT molecular complexity index is 1190. The second-order valence-corrected chi connectivity index (χ2v) is 7.85. The highest BCUT2D eigenvalue weighted by atomic mass is 16.4. The van der Waals surface area contributed by atoms with Crippen molar-refractivity contribution in [2.75, 3.05) is 0 Å². The highest BCUT2D eigenvalue weighted by Crippen LogP contribution is 2.40. The molecule has 4 heteroatoms. The van der Waals surface area contributed by atoms with Crippen molar-refractivity contribution in [1.82, 2.24) is 9.78 Å². The van der Waals surface area contributed by atoms with E-state index in [0.717, 1.165) is 34.1 Å². The van der Waals surface area contributed by atoms with Gasteiger partial charge in [-0.25, -0.2) is 4.79 Å². The molecule has 1 aromatic heterocycles. The fourth-order valence-electron chi connectivity index (χ4n) is 3.97. The van der Waals surface area contributed by atoms with E-state index in [1.165, 1.54) is 18.4 Å². The standard InChI is InChI=1S/C25H22N2O2/c28-25(29)23-14-20(19-7-8-19)9-10-21(23)12-18-6-11-24-22(13-18)15-26-27(24)16-17-4-2-1-3-5-17/h1-6,9-11,13-15,19H,7-8,12,16H2,(H,28,29). The highest BCUT2D eigenvalue weighted by Gasteiger charge is 2.25. The number of nitrogens with zero attached hydrogens (tertiary/aromatic N) is 2. The number of carboxylic acids is 1. The molecule has 4 aromatic rings. The largest absolute Gasteiger partial charge is 0.478 e. The number of hydrogen-bond donors (Lipinski definition) is 1. The van der Waals surface area contributed by atoms with E-state index in [9.17, 15) is 9.90 Å². The van der Waals surface area contributed by atoms with Gasteiger partial charge in [-0.1, -0.05) is 48.5 Å². The number of rotatable bonds is 6. The number of benzene rings is 3. The lowest BCUT2D eigenvalue weighted by atomic mass is 9.96. The minimum absolute atomic E-state index is 0.425. The molecule has 1 N–H and O–H groups in total. The van der Waals surface area contributed by atoms with Gasteiger partial charge >= 0.3 is 5.97 Å². The first-order valence-corrected chi connectivity index (χ1v) is 10.0. The molecular formula is C25H22N2O2. The number of aromatic nitrogens is 2. The third kappa shape index (κ3) is 3.66. The van der Waals surface area contributed by atoms with Gasteiger partial charge in [0.25, 0.3) is 0 Å². The Morgan fingerprint density at radius 2 is 1.83 bits per heavy atom. The minimum atomic E-state index is -0.848. The van der Waals surface area contributed by atoms with Gasteiger partial charge in [0.05, 0.1) is 23.8 Å². The molecule has 144 valence electrons. The lowest BCUT2D eigenvalue weighted by molar-refractivity contribution is 0.0695. The second-order valence-electron chi connectivity index (χ2n) is 7.85. The monoisotopic (exact) mass is 382 g/mol. The van der Waals surface area contributed by atoms with Crippen LogP contribution < -0.4 is 0 Å². The minimum Gasteiger partial charge on any atom is -0.478 e. The molecule has 1 saturated carbocycles. The van der Waals surface area contributed by atoms with E-state index in [1.807, 2.05) is 41.2 Å². The first-order valence-electron chi connectivity index (χ1n) is 10.0. The Morgan fingerprint density at radius 1 is 1.00 bits per heavy atom. The summed E-state index contributed by atoms with van der Waals surface area (Å²) in [6.45, 7) is 0.732. The molecular weight excluding hydrogens is 360 g/mol. The van der Waals surface area contributed by atoms with Crippen LogP contribution in [0.1, 0.15) is 51.4 Å². The molecule has 0 unspecified atom stereocenters. The van der Waals surface area contributed by atoms with E-state index >= 15 is 0 Å². The topological polar surface area (TPSA) is 55.1 Å². The van der Waals surface area contributed by atoms with E-state index < -0.39 is 5.97 Å². The maximum absolute atomic E-state index is 11.8. The van der Waals surface area contributed by atoms with Gasteiger partial charge in [0.1, 0.15) is 0 Å². The zero-order valence-corrected chi connectivity index (χ0v) is 16.1. The zero-order chi connectivity index (χ0) is 19.8. The van der Waals surface area contributed by atoms with Gasteiger partial charge in [-0.05, 0) is 65.6 Å². The summed E-state index contributed by atoms with van der Waals surface area (Å²) in [6, 6.07) is 22.5. The molecule has 1 heterocycles. The number of hydrogen-bond acceptors (Lipinski definition) is 2. The van der Waals surface area contributed by atoms with Crippen molar-refractivity contribution in [2.45, 2.75) is 31.7 Å². The first-order chi connectivity index (χ1) is 14.2. The van der Waals surface area contributed by atoms with Gasteiger partial charge < -0.3 is 5.11 Å². The van der Waals surface area contributed by atoms with Crippen molar-refractivity contribution in [3.8, 4) is 0 Å². The van der Waals surface area contributed by atoms with E-state index in [-0.39, 0.29) is 0 Å². The maximum Gasteiger partial charge on any atom is 0.335 e. The molecule has 0 saturated heterocycles. The van der Waals surface area contributed by atoms with E-state index in [1.54, 1.807) is 0 Å². The molecule has 3 aromatic carbocycles. The van der Waals surface area contributed by atoms with Crippen LogP contribution in [0, 0.1) is 0 Å². The van der Waals surface area contributed by atoms with Crippen LogP contribution in [0.25, 0.3) is 10.9 Å². The summed E-state index contributed by atoms with van der Waals surface area (Å²) in [7, 11) is 0. The van der Waals surface area contributed by atoms with Crippen LogP contribution in [0.3, 0.4) is 0 Å². The average Bonchev–Trinajstić information content (AvgIpc) is 3.51. The third-order valence-electron chi connectivity index (χ3n) is 5.69.